The van der Waals surface area contributed by atoms with Crippen LogP contribution in [0.4, 0.5) is 35.3 Å². The molecule has 0 aliphatic carbocycles. The van der Waals surface area contributed by atoms with Crippen molar-refractivity contribution in [1.82, 2.24) is 19.9 Å². The number of hydrogen-bond donors (Lipinski definition) is 2. The van der Waals surface area contributed by atoms with Gasteiger partial charge in [0.2, 0.25) is 5.95 Å². The minimum atomic E-state index is -4.64. The molecular formula is C29H29ClF3N7OS. The van der Waals surface area contributed by atoms with Crippen LogP contribution >= 0.6 is 22.9 Å². The summed E-state index contributed by atoms with van der Waals surface area (Å²) < 4.78 is 39.5. The molecule has 0 unspecified atom stereocenters. The minimum Gasteiger partial charge on any atom is -0.338 e. The van der Waals surface area contributed by atoms with Gasteiger partial charge in [-0.2, -0.15) is 23.1 Å². The van der Waals surface area contributed by atoms with Crippen LogP contribution in [0.2, 0.25) is 5.02 Å². The van der Waals surface area contributed by atoms with Crippen molar-refractivity contribution in [3.63, 3.8) is 0 Å². The van der Waals surface area contributed by atoms with E-state index in [9.17, 15) is 18.0 Å². The number of carbonyl (C=O) groups excluding carboxylic acids is 1. The zero-order chi connectivity index (χ0) is 29.9. The number of thiophene rings is 1. The summed E-state index contributed by atoms with van der Waals surface area (Å²) in [6, 6.07) is 12.1. The minimum absolute atomic E-state index is 0.0305. The summed E-state index contributed by atoms with van der Waals surface area (Å²) in [6.07, 6.45) is -4.22. The van der Waals surface area contributed by atoms with Gasteiger partial charge in [-0.15, -0.1) is 11.3 Å². The Kier molecular flexibility index (Phi) is 8.95. The highest BCUT2D eigenvalue weighted by atomic mass is 35.5. The first-order valence-electron chi connectivity index (χ1n) is 13.3. The Hall–Kier alpha value is -3.74. The van der Waals surface area contributed by atoms with E-state index in [1.54, 1.807) is 23.5 Å². The number of rotatable bonds is 7. The van der Waals surface area contributed by atoms with Gasteiger partial charge in [0, 0.05) is 55.4 Å². The molecule has 1 fully saturated rings. The maximum Gasteiger partial charge on any atom is 0.417 e. The number of nitrogens with zero attached hydrogens (tertiary/aromatic N) is 5. The van der Waals surface area contributed by atoms with Crippen molar-refractivity contribution < 1.29 is 18.0 Å². The molecule has 220 valence electrons. The number of anilines is 3. The molecule has 3 heterocycles. The van der Waals surface area contributed by atoms with E-state index < -0.39 is 22.8 Å². The van der Waals surface area contributed by atoms with E-state index in [0.29, 0.717) is 29.7 Å². The van der Waals surface area contributed by atoms with Crippen molar-refractivity contribution >= 4 is 46.3 Å². The molecule has 2 aromatic carbocycles. The smallest absolute Gasteiger partial charge is 0.338 e. The summed E-state index contributed by atoms with van der Waals surface area (Å²) in [5, 5.41) is 6.77. The predicted molar refractivity (Wildman–Crippen MR) is 159 cm³/mol. The summed E-state index contributed by atoms with van der Waals surface area (Å²) in [6.45, 7) is 8.22. The van der Waals surface area contributed by atoms with Gasteiger partial charge in [-0.1, -0.05) is 23.7 Å². The third-order valence-corrected chi connectivity index (χ3v) is 8.07. The van der Waals surface area contributed by atoms with Crippen molar-refractivity contribution in [1.29, 1.82) is 0 Å². The van der Waals surface area contributed by atoms with E-state index in [1.807, 2.05) is 19.9 Å². The Morgan fingerprint density at radius 1 is 0.976 bits per heavy atom. The van der Waals surface area contributed by atoms with Crippen molar-refractivity contribution in [2.75, 3.05) is 41.7 Å². The van der Waals surface area contributed by atoms with E-state index in [4.69, 9.17) is 16.6 Å². The van der Waals surface area contributed by atoms with Crippen LogP contribution in [0.1, 0.15) is 33.2 Å². The largest absolute Gasteiger partial charge is 0.417 e. The molecule has 5 rings (SSSR count). The molecule has 1 saturated heterocycles. The average molecular weight is 616 g/mol. The van der Waals surface area contributed by atoms with Crippen LogP contribution in [0.5, 0.6) is 0 Å². The van der Waals surface area contributed by atoms with Crippen LogP contribution < -0.4 is 15.5 Å². The highest BCUT2D eigenvalue weighted by Gasteiger charge is 2.33. The Morgan fingerprint density at radius 2 is 1.69 bits per heavy atom. The van der Waals surface area contributed by atoms with E-state index >= 15 is 0 Å². The van der Waals surface area contributed by atoms with Crippen LogP contribution in [0.25, 0.3) is 0 Å². The molecule has 0 saturated carbocycles. The molecule has 0 spiro atoms. The van der Waals surface area contributed by atoms with E-state index in [1.165, 1.54) is 10.9 Å². The number of carbonyl (C=O) groups is 1. The van der Waals surface area contributed by atoms with Crippen LogP contribution in [-0.4, -0.2) is 52.1 Å². The first-order chi connectivity index (χ1) is 20.0. The molecular weight excluding hydrogens is 587 g/mol. The summed E-state index contributed by atoms with van der Waals surface area (Å²) in [5.41, 5.74) is 1.31. The fraction of sp³-hybridized carbons (Fsp3) is 0.310. The maximum absolute atomic E-state index is 13.2. The second-order valence-electron chi connectivity index (χ2n) is 10.0. The standard InChI is InChI=1S/C29H29ClF3N7OS/c1-18-5-6-21(36-28(41)37-22-7-8-25(30)24(16-22)29(31,32)33)14-20(18)15-26-34-19(2)35-27(38-26)40-11-9-39(10-12-40)17-23-4-3-13-42-23/h3-8,13-14,16H,9-12,15,17H2,1-2H3,(H2,36,37,41). The van der Waals surface area contributed by atoms with Crippen LogP contribution in [0.3, 0.4) is 0 Å². The lowest BCUT2D eigenvalue weighted by atomic mass is 10.0. The van der Waals surface area contributed by atoms with Gasteiger partial charge in [0.05, 0.1) is 10.6 Å². The van der Waals surface area contributed by atoms with Crippen LogP contribution in [0, 0.1) is 13.8 Å². The zero-order valence-electron chi connectivity index (χ0n) is 23.0. The third kappa shape index (κ3) is 7.55. The normalized spacial score (nSPS) is 14.2. The molecule has 13 heteroatoms. The van der Waals surface area contributed by atoms with Gasteiger partial charge < -0.3 is 15.5 Å². The number of aromatic nitrogens is 3. The molecule has 0 atom stereocenters. The number of amides is 2. The highest BCUT2D eigenvalue weighted by Crippen LogP contribution is 2.36. The summed E-state index contributed by atoms with van der Waals surface area (Å²) in [7, 11) is 0. The van der Waals surface area contributed by atoms with Crippen LogP contribution in [-0.2, 0) is 19.1 Å². The van der Waals surface area contributed by atoms with Gasteiger partial charge in [-0.25, -0.2) is 9.78 Å². The van der Waals surface area contributed by atoms with Gasteiger partial charge >= 0.3 is 12.2 Å². The molecule has 2 N–H and O–H groups in total. The van der Waals surface area contributed by atoms with E-state index in [0.717, 1.165) is 56.0 Å². The topological polar surface area (TPSA) is 86.3 Å². The SMILES string of the molecule is Cc1nc(Cc2cc(NC(=O)Nc3ccc(Cl)c(C(F)(F)F)c3)ccc2C)nc(N2CCN(Cc3cccs3)CC2)n1. The van der Waals surface area contributed by atoms with Gasteiger partial charge in [0.1, 0.15) is 11.6 Å². The monoisotopic (exact) mass is 615 g/mol. The maximum atomic E-state index is 13.2. The molecule has 4 aromatic rings. The zero-order valence-corrected chi connectivity index (χ0v) is 24.6. The fourth-order valence-electron chi connectivity index (χ4n) is 4.70. The van der Waals surface area contributed by atoms with Crippen LogP contribution in [0.15, 0.2) is 53.9 Å². The molecule has 8 nitrogen and oxygen atoms in total. The Bertz CT molecular complexity index is 1560. The Morgan fingerprint density at radius 3 is 2.38 bits per heavy atom. The number of aryl methyl sites for hydroxylation is 2. The number of piperazine rings is 1. The van der Waals surface area contributed by atoms with Gasteiger partial charge in [0.15, 0.2) is 0 Å². The average Bonchev–Trinajstić information content (AvgIpc) is 3.44. The first kappa shape index (κ1) is 29.7. The molecule has 0 radical (unpaired) electrons. The molecule has 42 heavy (non-hydrogen) atoms. The quantitative estimate of drug-likeness (QED) is 0.238. The molecule has 1 aliphatic heterocycles. The lowest BCUT2D eigenvalue weighted by molar-refractivity contribution is -0.137. The number of halogens is 4. The number of urea groups is 1. The lowest BCUT2D eigenvalue weighted by Gasteiger charge is -2.34. The van der Waals surface area contributed by atoms with Gasteiger partial charge in [-0.05, 0) is 66.8 Å². The summed E-state index contributed by atoms with van der Waals surface area (Å²) >= 11 is 7.44. The summed E-state index contributed by atoms with van der Waals surface area (Å²) in [5.74, 6) is 1.90. The van der Waals surface area contributed by atoms with Gasteiger partial charge in [-0.3, -0.25) is 4.90 Å². The fourth-order valence-corrected chi connectivity index (χ4v) is 5.67. The first-order valence-corrected chi connectivity index (χ1v) is 14.5. The van der Waals surface area contributed by atoms with Gasteiger partial charge in [0.25, 0.3) is 0 Å². The van der Waals surface area contributed by atoms with Crippen molar-refractivity contribution in [3.05, 3.63) is 92.1 Å². The van der Waals surface area contributed by atoms with E-state index in [-0.39, 0.29) is 5.69 Å². The molecule has 1 aliphatic rings. The summed E-state index contributed by atoms with van der Waals surface area (Å²) in [4.78, 5) is 32.4. The number of alkyl halides is 3. The Balaban J connectivity index is 1.23. The van der Waals surface area contributed by atoms with E-state index in [2.05, 4.69) is 47.9 Å². The van der Waals surface area contributed by atoms with Crippen molar-refractivity contribution in [2.24, 2.45) is 0 Å². The second kappa shape index (κ2) is 12.6. The number of benzene rings is 2. The Labute approximate surface area is 250 Å². The highest BCUT2D eigenvalue weighted by molar-refractivity contribution is 7.09. The number of hydrogen-bond acceptors (Lipinski definition) is 7. The third-order valence-electron chi connectivity index (χ3n) is 6.88. The molecule has 0 bridgehead atoms. The molecule has 2 amide bonds. The predicted octanol–water partition coefficient (Wildman–Crippen LogP) is 6.78. The van der Waals surface area contributed by atoms with Crippen molar-refractivity contribution in [3.8, 4) is 0 Å². The number of nitrogens with one attached hydrogen (secondary N) is 2. The second-order valence-corrected chi connectivity index (χ2v) is 11.5. The van der Waals surface area contributed by atoms with Crippen molar-refractivity contribution in [2.45, 2.75) is 33.0 Å². The molecule has 2 aromatic heterocycles. The lowest BCUT2D eigenvalue weighted by Crippen LogP contribution is -2.46.